The Balaban J connectivity index is 0.000000246. The van der Waals surface area contributed by atoms with Crippen LogP contribution in [0.4, 0.5) is 8.78 Å². The largest absolute Gasteiger partial charge is 0.512 e. The Morgan fingerprint density at radius 3 is 2.22 bits per heavy atom. The molecule has 1 aliphatic rings. The molecule has 2 heterocycles. The number of ketones is 1. The topological polar surface area (TPSA) is 59.4 Å². The number of fused-ring (bicyclic) bond motifs is 7. The molecule has 5 aromatic carbocycles. The van der Waals surface area contributed by atoms with Gasteiger partial charge in [-0.05, 0) is 39.7 Å². The Morgan fingerprint density at radius 2 is 1.51 bits per heavy atom. The Hall–Kier alpha value is -4.19. The van der Waals surface area contributed by atoms with E-state index in [1.54, 1.807) is 12.3 Å². The summed E-state index contributed by atoms with van der Waals surface area (Å²) in [6.07, 6.45) is 3.09. The van der Waals surface area contributed by atoms with E-state index in [0.29, 0.717) is 22.3 Å². The number of carbonyl (C=O) groups excluding carboxylic acids is 1. The van der Waals surface area contributed by atoms with Crippen LogP contribution in [-0.2, 0) is 24.9 Å². The number of ether oxygens (including phenoxy) is 1. The van der Waals surface area contributed by atoms with E-state index in [1.165, 1.54) is 12.1 Å². The summed E-state index contributed by atoms with van der Waals surface area (Å²) in [6, 6.07) is 23.1. The number of aliphatic hydroxyl groups is 1. The predicted molar refractivity (Wildman–Crippen MR) is 173 cm³/mol. The molecule has 7 rings (SSSR count). The van der Waals surface area contributed by atoms with Gasteiger partial charge in [0.2, 0.25) is 0 Å². The summed E-state index contributed by atoms with van der Waals surface area (Å²) in [5.74, 6) is 0.219. The summed E-state index contributed by atoms with van der Waals surface area (Å²) >= 11 is 0. The predicted octanol–water partition coefficient (Wildman–Crippen LogP) is 10.6. The Bertz CT molecular complexity index is 2180. The van der Waals surface area contributed by atoms with Crippen molar-refractivity contribution in [1.82, 2.24) is 4.98 Å². The zero-order valence-electron chi connectivity index (χ0n) is 25.8. The number of hydrogen-bond acceptors (Lipinski definition) is 4. The van der Waals surface area contributed by atoms with E-state index < -0.39 is 17.0 Å². The second-order valence-corrected chi connectivity index (χ2v) is 13.2. The second kappa shape index (κ2) is 11.6. The average molecular weight is 781 g/mol. The second-order valence-electron chi connectivity index (χ2n) is 13.2. The zero-order valence-corrected chi connectivity index (χ0v) is 28.2. The molecular weight excluding hydrogens is 749 g/mol. The van der Waals surface area contributed by atoms with Crippen molar-refractivity contribution in [3.63, 3.8) is 0 Å². The van der Waals surface area contributed by atoms with Crippen molar-refractivity contribution in [3.8, 4) is 22.8 Å². The van der Waals surface area contributed by atoms with Crippen LogP contribution in [0.3, 0.4) is 0 Å². The molecule has 0 amide bonds. The molecule has 1 radical (unpaired) electrons. The van der Waals surface area contributed by atoms with Gasteiger partial charge in [-0.15, -0.1) is 17.5 Å². The minimum atomic E-state index is -0.603. The summed E-state index contributed by atoms with van der Waals surface area (Å²) in [4.78, 5) is 16.1. The minimum Gasteiger partial charge on any atom is -0.512 e. The maximum absolute atomic E-state index is 14.4. The van der Waals surface area contributed by atoms with Crippen molar-refractivity contribution in [1.29, 1.82) is 0 Å². The van der Waals surface area contributed by atoms with Gasteiger partial charge in [-0.1, -0.05) is 88.9 Å². The van der Waals surface area contributed by atoms with E-state index in [9.17, 15) is 18.7 Å². The summed E-state index contributed by atoms with van der Waals surface area (Å²) < 4.78 is 34.8. The van der Waals surface area contributed by atoms with E-state index >= 15 is 0 Å². The standard InChI is InChI=1S/C27H12F2NO.C11H20O2.Ir/c28-16-11-20-18(23(29)12-16)6-5-17-19-7-8-30-27-22-9-14-3-1-2-4-15(14)10-24(22)31-25(26(19)27)13-21(17)20;1-10(2,3)8(12)7-9(13)11(4,5)6;/h1-8,10-13H;7,12H,1-6H3;/q-1;;/b;8-7-;. The fraction of sp³-hybridized carbons (Fsp3) is 0.211. The van der Waals surface area contributed by atoms with Gasteiger partial charge < -0.3 is 9.84 Å². The molecule has 1 aliphatic heterocycles. The van der Waals surface area contributed by atoms with Gasteiger partial charge in [0.25, 0.3) is 0 Å². The number of rotatable bonds is 1. The number of halogens is 2. The van der Waals surface area contributed by atoms with Crippen LogP contribution >= 0.6 is 0 Å². The van der Waals surface area contributed by atoms with Crippen molar-refractivity contribution in [2.24, 2.45) is 10.8 Å². The van der Waals surface area contributed by atoms with Gasteiger partial charge in [-0.3, -0.25) is 9.78 Å². The maximum Gasteiger partial charge on any atom is 0.164 e. The smallest absolute Gasteiger partial charge is 0.164 e. The molecule has 1 N–H and O–H groups in total. The van der Waals surface area contributed by atoms with E-state index in [0.717, 1.165) is 49.6 Å². The molecule has 7 heteroatoms. The van der Waals surface area contributed by atoms with Crippen LogP contribution in [0.2, 0.25) is 0 Å². The Kier molecular flexibility index (Phi) is 8.32. The summed E-state index contributed by atoms with van der Waals surface area (Å²) in [5.41, 5.74) is 0.848. The first-order valence-corrected chi connectivity index (χ1v) is 14.4. The fourth-order valence-electron chi connectivity index (χ4n) is 5.26. The quantitative estimate of drug-likeness (QED) is 0.0780. The molecular formula is C38H32F2IrNO3-. The molecule has 0 saturated carbocycles. The number of benzene rings is 5. The van der Waals surface area contributed by atoms with Gasteiger partial charge in [-0.25, -0.2) is 8.78 Å². The molecule has 45 heavy (non-hydrogen) atoms. The first-order chi connectivity index (χ1) is 20.7. The molecule has 231 valence electrons. The third-order valence-corrected chi connectivity index (χ3v) is 7.84. The van der Waals surface area contributed by atoms with E-state index in [1.807, 2.05) is 90.1 Å². The monoisotopic (exact) mass is 781 g/mol. The van der Waals surface area contributed by atoms with Crippen LogP contribution < -0.4 is 4.74 Å². The SMILES string of the molecule is CC(C)(C)C(=O)/C=C(\O)C(C)(C)C.Fc1cc(F)c2ccc3c4ccnc5c4c(cc3c2c1)Oc1cc2ccccc2[c-]c1-5.[Ir]. The van der Waals surface area contributed by atoms with Crippen LogP contribution in [0.25, 0.3) is 54.3 Å². The molecule has 0 aliphatic carbocycles. The van der Waals surface area contributed by atoms with Crippen molar-refractivity contribution in [3.05, 3.63) is 102 Å². The first-order valence-electron chi connectivity index (χ1n) is 14.4. The average Bonchev–Trinajstić information content (AvgIpc) is 2.95. The third kappa shape index (κ3) is 5.95. The molecule has 0 saturated heterocycles. The van der Waals surface area contributed by atoms with Crippen molar-refractivity contribution in [2.75, 3.05) is 0 Å². The molecule has 0 unspecified atom stereocenters. The summed E-state index contributed by atoms with van der Waals surface area (Å²) in [6.45, 7) is 11.1. The van der Waals surface area contributed by atoms with Crippen LogP contribution in [-0.4, -0.2) is 15.9 Å². The van der Waals surface area contributed by atoms with Gasteiger partial charge in [0.1, 0.15) is 23.1 Å². The van der Waals surface area contributed by atoms with Gasteiger partial charge in [0.15, 0.2) is 5.78 Å². The van der Waals surface area contributed by atoms with Crippen molar-refractivity contribution in [2.45, 2.75) is 41.5 Å². The number of hydrogen-bond donors (Lipinski definition) is 1. The number of aliphatic hydroxyl groups excluding tert-OH is 1. The molecule has 6 aromatic rings. The summed E-state index contributed by atoms with van der Waals surface area (Å²) in [5, 5.41) is 15.9. The zero-order chi connectivity index (χ0) is 31.6. The van der Waals surface area contributed by atoms with E-state index in [4.69, 9.17) is 4.74 Å². The number of nitrogens with zero attached hydrogens (tertiary/aromatic N) is 1. The van der Waals surface area contributed by atoms with Gasteiger partial charge in [0, 0.05) is 65.7 Å². The molecule has 0 fully saturated rings. The molecule has 4 nitrogen and oxygen atoms in total. The number of allylic oxidation sites excluding steroid dienone is 2. The van der Waals surface area contributed by atoms with Crippen LogP contribution in [0, 0.1) is 28.5 Å². The normalized spacial score (nSPS) is 12.8. The van der Waals surface area contributed by atoms with Crippen LogP contribution in [0.1, 0.15) is 41.5 Å². The summed E-state index contributed by atoms with van der Waals surface area (Å²) in [7, 11) is 0. The van der Waals surface area contributed by atoms with Gasteiger partial charge in [0.05, 0.1) is 5.75 Å². The van der Waals surface area contributed by atoms with E-state index in [-0.39, 0.29) is 37.1 Å². The van der Waals surface area contributed by atoms with Crippen molar-refractivity contribution >= 4 is 48.9 Å². The number of carbonyl (C=O) groups is 1. The minimum absolute atomic E-state index is 0. The van der Waals surface area contributed by atoms with Gasteiger partial charge >= 0.3 is 0 Å². The third-order valence-electron chi connectivity index (χ3n) is 7.84. The molecule has 0 bridgehead atoms. The molecule has 1 aromatic heterocycles. The number of aromatic nitrogens is 1. The Morgan fingerprint density at radius 1 is 0.822 bits per heavy atom. The Labute approximate surface area is 274 Å². The van der Waals surface area contributed by atoms with E-state index in [2.05, 4.69) is 11.1 Å². The van der Waals surface area contributed by atoms with Crippen LogP contribution in [0.5, 0.6) is 11.5 Å². The molecule has 0 atom stereocenters. The fourth-order valence-corrected chi connectivity index (χ4v) is 5.26. The maximum atomic E-state index is 14.4. The van der Waals surface area contributed by atoms with Crippen molar-refractivity contribution < 1.29 is 43.5 Å². The number of pyridine rings is 1. The first kappa shape index (κ1) is 32.2. The molecule has 0 spiro atoms. The van der Waals surface area contributed by atoms with Gasteiger partial charge in [-0.2, -0.15) is 0 Å². The van der Waals surface area contributed by atoms with Crippen LogP contribution in [0.15, 0.2) is 84.8 Å².